The number of aliphatic carboxylic acids is 2. The van der Waals surface area contributed by atoms with Gasteiger partial charge in [-0.15, -0.1) is 0 Å². The largest absolute Gasteiger partial charge is 0.478 e. The van der Waals surface area contributed by atoms with Crippen molar-refractivity contribution in [2.45, 2.75) is 6.42 Å². The van der Waals surface area contributed by atoms with Crippen LogP contribution in [0.25, 0.3) is 18.2 Å². The summed E-state index contributed by atoms with van der Waals surface area (Å²) in [5.74, 6) is -2.68. The van der Waals surface area contributed by atoms with Gasteiger partial charge in [0.25, 0.3) is 5.91 Å². The molecule has 4 N–H and O–H groups in total. The molecule has 0 radical (unpaired) electrons. The Labute approximate surface area is 187 Å². The summed E-state index contributed by atoms with van der Waals surface area (Å²) in [5.41, 5.74) is 5.62. The van der Waals surface area contributed by atoms with Crippen molar-refractivity contribution in [2.75, 3.05) is 14.1 Å². The molecule has 11 nitrogen and oxygen atoms in total. The van der Waals surface area contributed by atoms with Crippen LogP contribution in [0, 0.1) is 0 Å². The molecule has 1 amide bonds. The molecule has 2 heterocycles. The molecule has 2 aliphatic rings. The lowest BCUT2D eigenvalue weighted by Gasteiger charge is -2.18. The number of carboxylic acid groups (broad SMARTS) is 2. The first-order valence-electron chi connectivity index (χ1n) is 9.65. The summed E-state index contributed by atoms with van der Waals surface area (Å²) in [6, 6.07) is 0. The molecule has 2 aromatic rings. The van der Waals surface area contributed by atoms with E-state index >= 15 is 0 Å². The van der Waals surface area contributed by atoms with E-state index in [1.807, 2.05) is 44.5 Å². The molecule has 0 fully saturated rings. The van der Waals surface area contributed by atoms with Crippen molar-refractivity contribution in [2.24, 2.45) is 0 Å². The molecular formula is C22H21N5O6. The number of nitrogens with zero attached hydrogens (tertiary/aromatic N) is 3. The van der Waals surface area contributed by atoms with E-state index in [2.05, 4.69) is 31.5 Å². The number of carbonyl (C=O) groups excluding carboxylic acids is 1. The number of aromatic amines is 1. The molecule has 0 unspecified atom stereocenters. The van der Waals surface area contributed by atoms with Gasteiger partial charge in [0.05, 0.1) is 0 Å². The van der Waals surface area contributed by atoms with Crippen molar-refractivity contribution in [1.82, 2.24) is 25.4 Å². The minimum atomic E-state index is -1.26. The Bertz CT molecular complexity index is 1290. The second-order valence-electron chi connectivity index (χ2n) is 7.04. The Balaban J connectivity index is 0.000000331. The van der Waals surface area contributed by atoms with Gasteiger partial charge in [-0.25, -0.2) is 14.6 Å². The highest BCUT2D eigenvalue weighted by Gasteiger charge is 2.18. The molecule has 11 heteroatoms. The van der Waals surface area contributed by atoms with Gasteiger partial charge < -0.3 is 24.8 Å². The summed E-state index contributed by atoms with van der Waals surface area (Å²) in [6.45, 7) is 0. The molecule has 0 atom stereocenters. The Hall–Kier alpha value is -4.67. The zero-order valence-corrected chi connectivity index (χ0v) is 17.8. The van der Waals surface area contributed by atoms with Gasteiger partial charge in [0.2, 0.25) is 5.82 Å². The first kappa shape index (κ1) is 23.0. The van der Waals surface area contributed by atoms with Crippen molar-refractivity contribution in [1.29, 1.82) is 0 Å². The molecule has 0 saturated carbocycles. The van der Waals surface area contributed by atoms with Crippen LogP contribution in [-0.4, -0.2) is 62.2 Å². The molecule has 0 bridgehead atoms. The lowest BCUT2D eigenvalue weighted by Crippen LogP contribution is -2.23. The third kappa shape index (κ3) is 5.94. The van der Waals surface area contributed by atoms with Gasteiger partial charge >= 0.3 is 11.9 Å². The highest BCUT2D eigenvalue weighted by Crippen LogP contribution is 2.17. The maximum absolute atomic E-state index is 12.2. The summed E-state index contributed by atoms with van der Waals surface area (Å²) >= 11 is 0. The van der Waals surface area contributed by atoms with E-state index in [-0.39, 0.29) is 11.7 Å². The Kier molecular flexibility index (Phi) is 7.03. The van der Waals surface area contributed by atoms with Crippen LogP contribution >= 0.6 is 0 Å². The van der Waals surface area contributed by atoms with Crippen LogP contribution < -0.4 is 16.1 Å². The van der Waals surface area contributed by atoms with E-state index in [1.165, 1.54) is 12.0 Å². The van der Waals surface area contributed by atoms with E-state index in [4.69, 9.17) is 14.6 Å². The number of aromatic nitrogens is 3. The van der Waals surface area contributed by atoms with Crippen molar-refractivity contribution >= 4 is 36.1 Å². The molecule has 0 spiro atoms. The van der Waals surface area contributed by atoms with Gasteiger partial charge in [0, 0.05) is 55.2 Å². The quantitative estimate of drug-likeness (QED) is 0.459. The molecule has 2 aromatic heterocycles. The van der Waals surface area contributed by atoms with Crippen molar-refractivity contribution in [3.63, 3.8) is 0 Å². The van der Waals surface area contributed by atoms with Crippen LogP contribution in [0.15, 0.2) is 52.5 Å². The normalized spacial score (nSPS) is 13.6. The van der Waals surface area contributed by atoms with Gasteiger partial charge in [-0.05, 0) is 30.4 Å². The molecule has 2 aliphatic carbocycles. The Morgan fingerprint density at radius 3 is 2.45 bits per heavy atom. The number of carbonyl (C=O) groups is 3. The minimum Gasteiger partial charge on any atom is -0.478 e. The monoisotopic (exact) mass is 451 g/mol. The number of nitrogens with one attached hydrogen (secondary N) is 2. The van der Waals surface area contributed by atoms with Gasteiger partial charge in [-0.3, -0.25) is 9.89 Å². The molecular weight excluding hydrogens is 430 g/mol. The maximum Gasteiger partial charge on any atom is 0.328 e. The zero-order valence-electron chi connectivity index (χ0n) is 17.8. The summed E-state index contributed by atoms with van der Waals surface area (Å²) in [7, 11) is 4.05. The number of likely N-dealkylation sites (N-methyl/N-ethyl adjacent to an activating group) is 1. The number of H-pyrrole nitrogens is 1. The van der Waals surface area contributed by atoms with Gasteiger partial charge in [0.1, 0.15) is 17.2 Å². The fourth-order valence-corrected chi connectivity index (χ4v) is 3.00. The molecule has 0 saturated heterocycles. The average molecular weight is 451 g/mol. The maximum atomic E-state index is 12.2. The summed E-state index contributed by atoms with van der Waals surface area (Å²) < 4.78 is 5.95. The second-order valence-corrected chi connectivity index (χ2v) is 7.04. The van der Waals surface area contributed by atoms with Crippen LogP contribution in [0.1, 0.15) is 21.7 Å². The number of allylic oxidation sites excluding steroid dienone is 4. The number of amides is 1. The topological polar surface area (TPSA) is 162 Å². The number of carboxylic acids is 2. The second kappa shape index (κ2) is 10.1. The summed E-state index contributed by atoms with van der Waals surface area (Å²) in [4.78, 5) is 37.3. The lowest BCUT2D eigenvalue weighted by atomic mass is 10.0. The third-order valence-electron chi connectivity index (χ3n) is 4.55. The zero-order chi connectivity index (χ0) is 24.0. The third-order valence-corrected chi connectivity index (χ3v) is 4.55. The minimum absolute atomic E-state index is 0.170. The molecule has 33 heavy (non-hydrogen) atoms. The van der Waals surface area contributed by atoms with Gasteiger partial charge in [-0.2, -0.15) is 5.10 Å². The van der Waals surface area contributed by atoms with Crippen LogP contribution in [0.2, 0.25) is 0 Å². The summed E-state index contributed by atoms with van der Waals surface area (Å²) in [6.07, 6.45) is 14.8. The molecule has 4 rings (SSSR count). The van der Waals surface area contributed by atoms with E-state index in [0.717, 1.165) is 28.4 Å². The van der Waals surface area contributed by atoms with Crippen LogP contribution in [0.4, 0.5) is 0 Å². The number of furan rings is 1. The predicted octanol–water partition coefficient (Wildman–Crippen LogP) is 0.0128. The Morgan fingerprint density at radius 1 is 1.12 bits per heavy atom. The van der Waals surface area contributed by atoms with E-state index < -0.39 is 11.9 Å². The number of hydrogen-bond donors (Lipinski definition) is 4. The van der Waals surface area contributed by atoms with Crippen LogP contribution in [0.5, 0.6) is 0 Å². The molecule has 170 valence electrons. The van der Waals surface area contributed by atoms with Gasteiger partial charge in [0.15, 0.2) is 0 Å². The van der Waals surface area contributed by atoms with Crippen molar-refractivity contribution < 1.29 is 29.0 Å². The van der Waals surface area contributed by atoms with Crippen LogP contribution in [0.3, 0.4) is 0 Å². The fraction of sp³-hybridized carbons (Fsp3) is 0.136. The lowest BCUT2D eigenvalue weighted by molar-refractivity contribution is -0.134. The molecule has 0 aromatic carbocycles. The fourth-order valence-electron chi connectivity index (χ4n) is 3.00. The highest BCUT2D eigenvalue weighted by molar-refractivity contribution is 5.92. The van der Waals surface area contributed by atoms with Crippen molar-refractivity contribution in [3.8, 4) is 0 Å². The van der Waals surface area contributed by atoms with Crippen LogP contribution in [-0.2, 0) is 16.0 Å². The first-order chi connectivity index (χ1) is 15.7. The standard InChI is InChI=1S/C18H17N5O2.C4H4O4/c1-23(2)12-6-7-16-14(9-12)13-8-11(4-3-5-15(13)25-16)21-18(24)17-19-10-20-22-17;5-3(6)1-2-4(7)8/h3-8,10H,9H2,1-2H3,(H,21,24)(H,19,20,22);1-2H,(H,5,6)(H,7,8). The number of fused-ring (bicyclic) bond motifs is 3. The Morgan fingerprint density at radius 2 is 1.85 bits per heavy atom. The summed E-state index contributed by atoms with van der Waals surface area (Å²) in [5, 5.41) is 24.7. The predicted molar refractivity (Wildman–Crippen MR) is 118 cm³/mol. The van der Waals surface area contributed by atoms with Gasteiger partial charge in [-0.1, -0.05) is 6.08 Å². The van der Waals surface area contributed by atoms with E-state index in [9.17, 15) is 14.4 Å². The first-order valence-corrected chi connectivity index (χ1v) is 9.65. The van der Waals surface area contributed by atoms with Crippen molar-refractivity contribution in [3.05, 3.63) is 75.9 Å². The van der Waals surface area contributed by atoms with E-state index in [0.29, 0.717) is 17.8 Å². The number of rotatable bonds is 5. The smallest absolute Gasteiger partial charge is 0.328 e. The molecule has 0 aliphatic heterocycles. The SMILES string of the molecule is CN(C)C1=CC=c2oc3c(c2C1)C=C(NC(=O)c1ncn[nH]1)C=CC=3.O=C(O)C=CC(=O)O. The average Bonchev–Trinajstić information content (AvgIpc) is 3.37. The van der Waals surface area contributed by atoms with E-state index in [1.54, 1.807) is 0 Å². The highest BCUT2D eigenvalue weighted by atomic mass is 16.4. The number of hydrogen-bond acceptors (Lipinski definition) is 7.